The fraction of sp³-hybridized carbons (Fsp3) is 0.381. The van der Waals surface area contributed by atoms with E-state index in [0.29, 0.717) is 29.7 Å². The molecule has 0 unspecified atom stereocenters. The zero-order chi connectivity index (χ0) is 19.4. The molecule has 0 N–H and O–H groups in total. The van der Waals surface area contributed by atoms with Crippen molar-refractivity contribution in [2.45, 2.75) is 32.0 Å². The lowest BCUT2D eigenvalue weighted by Gasteiger charge is -2.25. The molecule has 4 nitrogen and oxygen atoms in total. The highest BCUT2D eigenvalue weighted by molar-refractivity contribution is 6.31. The van der Waals surface area contributed by atoms with E-state index < -0.39 is 0 Å². The number of hydrogen-bond donors (Lipinski definition) is 0. The maximum Gasteiger partial charge on any atom is 0.236 e. The molecule has 2 aromatic carbocycles. The minimum Gasteiger partial charge on any atom is -0.497 e. The number of methoxy groups -OCH3 is 1. The summed E-state index contributed by atoms with van der Waals surface area (Å²) < 4.78 is 19.4. The van der Waals surface area contributed by atoms with E-state index in [-0.39, 0.29) is 18.3 Å². The fourth-order valence-corrected chi connectivity index (χ4v) is 3.29. The molecule has 0 aromatic heterocycles. The average molecular weight is 391 g/mol. The van der Waals surface area contributed by atoms with Crippen LogP contribution in [0.3, 0.4) is 0 Å². The van der Waals surface area contributed by atoms with Crippen molar-refractivity contribution in [3.63, 3.8) is 0 Å². The third kappa shape index (κ3) is 5.21. The molecule has 0 heterocycles. The summed E-state index contributed by atoms with van der Waals surface area (Å²) in [6.07, 6.45) is 2.05. The monoisotopic (exact) mass is 390 g/mol. The Morgan fingerprint density at radius 1 is 1.22 bits per heavy atom. The van der Waals surface area contributed by atoms with Crippen LogP contribution in [-0.4, -0.2) is 42.5 Å². The van der Waals surface area contributed by atoms with Gasteiger partial charge in [-0.25, -0.2) is 4.39 Å². The Hall–Kier alpha value is -2.11. The van der Waals surface area contributed by atoms with Crippen LogP contribution < -0.4 is 4.74 Å². The Labute approximate surface area is 164 Å². The first-order valence-corrected chi connectivity index (χ1v) is 9.39. The van der Waals surface area contributed by atoms with E-state index in [1.807, 2.05) is 29.2 Å². The van der Waals surface area contributed by atoms with Crippen LogP contribution in [0.15, 0.2) is 42.5 Å². The molecule has 0 radical (unpaired) electrons. The first kappa shape index (κ1) is 19.6. The minimum atomic E-state index is -0.328. The highest BCUT2D eigenvalue weighted by atomic mass is 35.5. The molecule has 6 heteroatoms. The molecule has 2 aromatic rings. The first-order chi connectivity index (χ1) is 13.0. The van der Waals surface area contributed by atoms with Crippen molar-refractivity contribution in [2.75, 3.05) is 20.7 Å². The van der Waals surface area contributed by atoms with Crippen LogP contribution in [0, 0.1) is 5.82 Å². The maximum atomic E-state index is 14.1. The molecule has 3 rings (SSSR count). The lowest BCUT2D eigenvalue weighted by atomic mass is 10.2. The van der Waals surface area contributed by atoms with Gasteiger partial charge in [0, 0.05) is 36.8 Å². The summed E-state index contributed by atoms with van der Waals surface area (Å²) in [5.74, 6) is 0.435. The summed E-state index contributed by atoms with van der Waals surface area (Å²) in [6.45, 7) is 1.08. The van der Waals surface area contributed by atoms with Gasteiger partial charge in [-0.2, -0.15) is 0 Å². The third-order valence-corrected chi connectivity index (χ3v) is 5.16. The number of amides is 1. The van der Waals surface area contributed by atoms with Gasteiger partial charge in [0.05, 0.1) is 13.7 Å². The van der Waals surface area contributed by atoms with E-state index in [0.717, 1.165) is 24.2 Å². The SMILES string of the molecule is COc1cccc(CN(C)C(=O)CN(Cc2c(F)cccc2Cl)C2CC2)c1. The Morgan fingerprint density at radius 3 is 2.63 bits per heavy atom. The Morgan fingerprint density at radius 2 is 1.96 bits per heavy atom. The van der Waals surface area contributed by atoms with Crippen molar-refractivity contribution in [1.82, 2.24) is 9.80 Å². The predicted octanol–water partition coefficient (Wildman–Crippen LogP) is 4.11. The van der Waals surface area contributed by atoms with E-state index in [4.69, 9.17) is 16.3 Å². The van der Waals surface area contributed by atoms with Crippen LogP contribution >= 0.6 is 11.6 Å². The Balaban J connectivity index is 1.64. The average Bonchev–Trinajstić information content (AvgIpc) is 3.49. The number of rotatable bonds is 8. The summed E-state index contributed by atoms with van der Waals surface area (Å²) in [4.78, 5) is 16.4. The van der Waals surface area contributed by atoms with E-state index >= 15 is 0 Å². The van der Waals surface area contributed by atoms with Crippen LogP contribution in [0.2, 0.25) is 5.02 Å². The van der Waals surface area contributed by atoms with Crippen LogP contribution in [0.1, 0.15) is 24.0 Å². The second-order valence-electron chi connectivity index (χ2n) is 6.94. The molecule has 0 atom stereocenters. The smallest absolute Gasteiger partial charge is 0.236 e. The number of halogens is 2. The molecule has 1 amide bonds. The van der Waals surface area contributed by atoms with E-state index in [9.17, 15) is 9.18 Å². The number of carbonyl (C=O) groups is 1. The van der Waals surface area contributed by atoms with Crippen molar-refractivity contribution >= 4 is 17.5 Å². The molecule has 1 aliphatic carbocycles. The normalized spacial score (nSPS) is 13.7. The van der Waals surface area contributed by atoms with Crippen molar-refractivity contribution in [1.29, 1.82) is 0 Å². The maximum absolute atomic E-state index is 14.1. The molecule has 1 fully saturated rings. The van der Waals surface area contributed by atoms with Gasteiger partial charge in [-0.05, 0) is 42.7 Å². The molecule has 1 aliphatic rings. The standard InChI is InChI=1S/C21H24ClFN2O2/c1-24(12-15-5-3-6-17(11-15)27-2)21(26)14-25(16-9-10-16)13-18-19(22)7-4-8-20(18)23/h3-8,11,16H,9-10,12-14H2,1-2H3. The molecule has 144 valence electrons. The predicted molar refractivity (Wildman–Crippen MR) is 104 cm³/mol. The number of likely N-dealkylation sites (N-methyl/N-ethyl adjacent to an activating group) is 1. The largest absolute Gasteiger partial charge is 0.497 e. The highest BCUT2D eigenvalue weighted by Crippen LogP contribution is 2.30. The number of ether oxygens (including phenoxy) is 1. The van der Waals surface area contributed by atoms with Gasteiger partial charge in [0.15, 0.2) is 0 Å². The topological polar surface area (TPSA) is 32.8 Å². The van der Waals surface area contributed by atoms with Gasteiger partial charge < -0.3 is 9.64 Å². The quantitative estimate of drug-likeness (QED) is 0.680. The number of benzene rings is 2. The van der Waals surface area contributed by atoms with Crippen LogP contribution in [-0.2, 0) is 17.9 Å². The van der Waals surface area contributed by atoms with Crippen molar-refractivity contribution in [3.05, 3.63) is 64.4 Å². The summed E-state index contributed by atoms with van der Waals surface area (Å²) >= 11 is 6.16. The molecule has 0 spiro atoms. The van der Waals surface area contributed by atoms with Crippen LogP contribution in [0.4, 0.5) is 4.39 Å². The highest BCUT2D eigenvalue weighted by Gasteiger charge is 2.32. The Kier molecular flexibility index (Phi) is 6.34. The zero-order valence-corrected chi connectivity index (χ0v) is 16.4. The number of hydrogen-bond acceptors (Lipinski definition) is 3. The van der Waals surface area contributed by atoms with Gasteiger partial charge in [0.25, 0.3) is 0 Å². The van der Waals surface area contributed by atoms with Gasteiger partial charge in [0.2, 0.25) is 5.91 Å². The molecular weight excluding hydrogens is 367 g/mol. The second kappa shape index (κ2) is 8.72. The van der Waals surface area contributed by atoms with Crippen LogP contribution in [0.25, 0.3) is 0 Å². The fourth-order valence-electron chi connectivity index (χ4n) is 3.07. The molecule has 27 heavy (non-hydrogen) atoms. The number of nitrogens with zero attached hydrogens (tertiary/aromatic N) is 2. The van der Waals surface area contributed by atoms with Gasteiger partial charge in [0.1, 0.15) is 11.6 Å². The van der Waals surface area contributed by atoms with Gasteiger partial charge in [-0.3, -0.25) is 9.69 Å². The van der Waals surface area contributed by atoms with E-state index in [1.165, 1.54) is 6.07 Å². The molecule has 1 saturated carbocycles. The summed E-state index contributed by atoms with van der Waals surface area (Å²) in [6, 6.07) is 12.7. The van der Waals surface area contributed by atoms with Gasteiger partial charge >= 0.3 is 0 Å². The van der Waals surface area contributed by atoms with Crippen molar-refractivity contribution in [2.24, 2.45) is 0 Å². The Bertz CT molecular complexity index is 790. The molecule has 0 saturated heterocycles. The molecule has 0 aliphatic heterocycles. The minimum absolute atomic E-state index is 0.00261. The number of carbonyl (C=O) groups excluding carboxylic acids is 1. The second-order valence-corrected chi connectivity index (χ2v) is 7.34. The zero-order valence-electron chi connectivity index (χ0n) is 15.6. The first-order valence-electron chi connectivity index (χ1n) is 9.01. The molecular formula is C21H24ClFN2O2. The summed E-state index contributed by atoms with van der Waals surface area (Å²) in [7, 11) is 3.40. The van der Waals surface area contributed by atoms with Crippen molar-refractivity contribution < 1.29 is 13.9 Å². The van der Waals surface area contributed by atoms with E-state index in [1.54, 1.807) is 31.2 Å². The van der Waals surface area contributed by atoms with E-state index in [2.05, 4.69) is 0 Å². The lowest BCUT2D eigenvalue weighted by molar-refractivity contribution is -0.132. The third-order valence-electron chi connectivity index (χ3n) is 4.80. The summed E-state index contributed by atoms with van der Waals surface area (Å²) in [5, 5.41) is 0.401. The summed E-state index contributed by atoms with van der Waals surface area (Å²) in [5.41, 5.74) is 1.45. The van der Waals surface area contributed by atoms with Gasteiger partial charge in [-0.1, -0.05) is 29.8 Å². The van der Waals surface area contributed by atoms with Gasteiger partial charge in [-0.15, -0.1) is 0 Å². The van der Waals surface area contributed by atoms with Crippen molar-refractivity contribution in [3.8, 4) is 5.75 Å². The molecule has 0 bridgehead atoms. The van der Waals surface area contributed by atoms with Crippen LogP contribution in [0.5, 0.6) is 5.75 Å². The lowest BCUT2D eigenvalue weighted by Crippen LogP contribution is -2.39.